The zero-order chi connectivity index (χ0) is 13.2. The molecule has 0 saturated heterocycles. The Hall–Kier alpha value is -1.43. The maximum atomic E-state index is 12.0. The Morgan fingerprint density at radius 2 is 2.17 bits per heavy atom. The highest BCUT2D eigenvalue weighted by Crippen LogP contribution is 2.26. The van der Waals surface area contributed by atoms with Crippen LogP contribution in [0.3, 0.4) is 0 Å². The fraction of sp³-hybridized carbons (Fsp3) is 0. The Morgan fingerprint density at radius 1 is 1.39 bits per heavy atom. The molecule has 2 rings (SSSR count). The molecule has 1 N–H and O–H groups in total. The molecule has 2 aromatic heterocycles. The molecule has 0 aromatic carbocycles. The van der Waals surface area contributed by atoms with Gasteiger partial charge in [0.05, 0.1) is 5.69 Å². The number of hydrogen-bond donors (Lipinski definition) is 1. The van der Waals surface area contributed by atoms with Gasteiger partial charge in [-0.1, -0.05) is 0 Å². The Kier molecular flexibility index (Phi) is 3.65. The summed E-state index contributed by atoms with van der Waals surface area (Å²) < 4.78 is 27.0. The van der Waals surface area contributed by atoms with E-state index in [1.165, 1.54) is 12.1 Å². The van der Waals surface area contributed by atoms with Crippen LogP contribution in [0.15, 0.2) is 39.3 Å². The van der Waals surface area contributed by atoms with Gasteiger partial charge in [-0.15, -0.1) is 11.3 Å². The van der Waals surface area contributed by atoms with Crippen molar-refractivity contribution in [2.75, 3.05) is 4.72 Å². The molecule has 5 nitrogen and oxygen atoms in total. The predicted octanol–water partition coefficient (Wildman–Crippen LogP) is 2.58. The Balaban J connectivity index is 2.34. The summed E-state index contributed by atoms with van der Waals surface area (Å²) in [5.74, 6) is 0. The quantitative estimate of drug-likeness (QED) is 0.868. The first-order valence-corrected chi connectivity index (χ1v) is 7.75. The number of aromatic nitrogens is 1. The van der Waals surface area contributed by atoms with Crippen LogP contribution in [-0.2, 0) is 10.0 Å². The molecule has 0 spiro atoms. The van der Waals surface area contributed by atoms with E-state index in [2.05, 4.69) is 25.6 Å². The summed E-state index contributed by atoms with van der Waals surface area (Å²) in [6.45, 7) is 0. The molecule has 0 saturated carbocycles. The smallest absolute Gasteiger partial charge is 0.271 e. The predicted molar refractivity (Wildman–Crippen MR) is 71.8 cm³/mol. The number of nitriles is 1. The summed E-state index contributed by atoms with van der Waals surface area (Å²) in [5.41, 5.74) is 0.351. The van der Waals surface area contributed by atoms with Crippen molar-refractivity contribution in [3.8, 4) is 6.07 Å². The third-order valence-electron chi connectivity index (χ3n) is 1.96. The topological polar surface area (TPSA) is 82.8 Å². The van der Waals surface area contributed by atoms with Crippen LogP contribution in [0, 0.1) is 11.3 Å². The number of sulfonamides is 1. The highest BCUT2D eigenvalue weighted by Gasteiger charge is 2.18. The van der Waals surface area contributed by atoms with Crippen molar-refractivity contribution < 1.29 is 8.42 Å². The van der Waals surface area contributed by atoms with Crippen LogP contribution in [0.2, 0.25) is 0 Å². The minimum atomic E-state index is -3.68. The van der Waals surface area contributed by atoms with Gasteiger partial charge in [0.2, 0.25) is 0 Å². The normalized spacial score (nSPS) is 10.9. The first-order chi connectivity index (χ1) is 8.53. The van der Waals surface area contributed by atoms with E-state index in [-0.39, 0.29) is 4.21 Å². The Morgan fingerprint density at radius 3 is 2.78 bits per heavy atom. The van der Waals surface area contributed by atoms with Gasteiger partial charge in [0.15, 0.2) is 0 Å². The van der Waals surface area contributed by atoms with E-state index in [9.17, 15) is 8.42 Å². The molecule has 0 unspecified atom stereocenters. The first kappa shape index (κ1) is 13.0. The van der Waals surface area contributed by atoms with Crippen LogP contribution >= 0.6 is 27.3 Å². The van der Waals surface area contributed by atoms with E-state index < -0.39 is 10.0 Å². The van der Waals surface area contributed by atoms with Crippen molar-refractivity contribution in [1.82, 2.24) is 4.98 Å². The summed E-state index contributed by atoms with van der Waals surface area (Å²) in [6, 6.07) is 7.98. The lowest BCUT2D eigenvalue weighted by Crippen LogP contribution is -2.12. The van der Waals surface area contributed by atoms with Crippen molar-refractivity contribution in [2.24, 2.45) is 0 Å². The molecule has 0 fully saturated rings. The fourth-order valence-electron chi connectivity index (χ4n) is 1.18. The second-order valence-electron chi connectivity index (χ2n) is 3.18. The van der Waals surface area contributed by atoms with Crippen LogP contribution < -0.4 is 4.72 Å². The third-order valence-corrected chi connectivity index (χ3v) is 5.44. The van der Waals surface area contributed by atoms with E-state index in [1.807, 2.05) is 6.07 Å². The van der Waals surface area contributed by atoms with Gasteiger partial charge in [0, 0.05) is 6.20 Å². The van der Waals surface area contributed by atoms with Crippen molar-refractivity contribution in [3.63, 3.8) is 0 Å². The number of rotatable bonds is 3. The molecule has 0 radical (unpaired) electrons. The van der Waals surface area contributed by atoms with Gasteiger partial charge in [0.1, 0.15) is 19.8 Å². The second-order valence-corrected chi connectivity index (χ2v) is 6.92. The van der Waals surface area contributed by atoms with Gasteiger partial charge in [-0.2, -0.15) is 5.26 Å². The van der Waals surface area contributed by atoms with E-state index in [1.54, 1.807) is 18.3 Å². The highest BCUT2D eigenvalue weighted by atomic mass is 79.9. The molecule has 0 aliphatic heterocycles. The van der Waals surface area contributed by atoms with Gasteiger partial charge in [-0.25, -0.2) is 13.4 Å². The average Bonchev–Trinajstić information content (AvgIpc) is 2.81. The van der Waals surface area contributed by atoms with Gasteiger partial charge in [-0.3, -0.25) is 4.72 Å². The first-order valence-electron chi connectivity index (χ1n) is 4.66. The molecule has 8 heteroatoms. The van der Waals surface area contributed by atoms with Crippen LogP contribution in [-0.4, -0.2) is 13.4 Å². The van der Waals surface area contributed by atoms with Crippen LogP contribution in [0.4, 0.5) is 5.69 Å². The monoisotopic (exact) mass is 343 g/mol. The molecular formula is C10H6BrN3O2S2. The molecule has 18 heavy (non-hydrogen) atoms. The maximum absolute atomic E-state index is 12.0. The molecule has 92 valence electrons. The summed E-state index contributed by atoms with van der Waals surface area (Å²) in [5, 5.41) is 8.68. The highest BCUT2D eigenvalue weighted by molar-refractivity contribution is 9.10. The van der Waals surface area contributed by atoms with Crippen LogP contribution in [0.5, 0.6) is 0 Å². The number of hydrogen-bond acceptors (Lipinski definition) is 5. The van der Waals surface area contributed by atoms with Crippen molar-refractivity contribution in [1.29, 1.82) is 5.26 Å². The molecular weight excluding hydrogens is 338 g/mol. The minimum Gasteiger partial charge on any atom is -0.276 e. The lowest BCUT2D eigenvalue weighted by molar-refractivity contribution is 0.603. The maximum Gasteiger partial charge on any atom is 0.271 e. The number of nitrogens with zero attached hydrogens (tertiary/aromatic N) is 2. The van der Waals surface area contributed by atoms with Crippen molar-refractivity contribution >= 4 is 43.0 Å². The third kappa shape index (κ3) is 2.69. The van der Waals surface area contributed by atoms with Crippen molar-refractivity contribution in [2.45, 2.75) is 4.21 Å². The molecule has 0 bridgehead atoms. The van der Waals surface area contributed by atoms with Crippen LogP contribution in [0.1, 0.15) is 4.88 Å². The fourth-order valence-corrected chi connectivity index (χ4v) is 3.83. The number of nitrogens with one attached hydrogen (secondary N) is 1. The number of halogens is 1. The van der Waals surface area contributed by atoms with Gasteiger partial charge < -0.3 is 0 Å². The number of thiophene rings is 1. The summed E-state index contributed by atoms with van der Waals surface area (Å²) in [4.78, 5) is 4.27. The second kappa shape index (κ2) is 5.06. The molecule has 0 amide bonds. The van der Waals surface area contributed by atoms with E-state index >= 15 is 0 Å². The zero-order valence-electron chi connectivity index (χ0n) is 8.79. The number of anilines is 1. The Bertz CT molecular complexity index is 719. The number of pyridine rings is 1. The molecule has 0 atom stereocenters. The van der Waals surface area contributed by atoms with E-state index in [0.29, 0.717) is 15.2 Å². The summed E-state index contributed by atoms with van der Waals surface area (Å²) in [7, 11) is -3.68. The standard InChI is InChI=1S/C10H6BrN3O2S2/c11-10-8(2-1-5-13-10)14-18(15,16)9-4-3-7(6-12)17-9/h1-5,14H. The summed E-state index contributed by atoms with van der Waals surface area (Å²) >= 11 is 4.07. The lowest BCUT2D eigenvalue weighted by atomic mass is 10.4. The lowest BCUT2D eigenvalue weighted by Gasteiger charge is -2.06. The van der Waals surface area contributed by atoms with Gasteiger partial charge >= 0.3 is 0 Å². The van der Waals surface area contributed by atoms with E-state index in [0.717, 1.165) is 11.3 Å². The average molecular weight is 344 g/mol. The molecule has 0 aliphatic carbocycles. The minimum absolute atomic E-state index is 0.0924. The van der Waals surface area contributed by atoms with E-state index in [4.69, 9.17) is 5.26 Å². The largest absolute Gasteiger partial charge is 0.276 e. The SMILES string of the molecule is N#Cc1ccc(S(=O)(=O)Nc2cccnc2Br)s1. The van der Waals surface area contributed by atoms with Gasteiger partial charge in [-0.05, 0) is 40.2 Å². The molecule has 0 aliphatic rings. The zero-order valence-corrected chi connectivity index (χ0v) is 12.0. The summed E-state index contributed by atoms with van der Waals surface area (Å²) in [6.07, 6.45) is 1.54. The van der Waals surface area contributed by atoms with Gasteiger partial charge in [0.25, 0.3) is 10.0 Å². The van der Waals surface area contributed by atoms with Crippen LogP contribution in [0.25, 0.3) is 0 Å². The Labute approximate surface area is 116 Å². The molecule has 2 aromatic rings. The van der Waals surface area contributed by atoms with Crippen molar-refractivity contribution in [3.05, 3.63) is 39.9 Å². The molecule has 2 heterocycles.